The second-order valence-corrected chi connectivity index (χ2v) is 5.66. The molecule has 0 unspecified atom stereocenters. The summed E-state index contributed by atoms with van der Waals surface area (Å²) in [6.45, 7) is 0. The summed E-state index contributed by atoms with van der Waals surface area (Å²) in [6, 6.07) is 21.8. The summed E-state index contributed by atoms with van der Waals surface area (Å²) in [5.74, 6) is 0. The van der Waals surface area contributed by atoms with E-state index in [4.69, 9.17) is 0 Å². The molecule has 0 aliphatic heterocycles. The Kier molecular flexibility index (Phi) is 2.06. The van der Waals surface area contributed by atoms with Gasteiger partial charge in [0.15, 0.2) is 0 Å². The van der Waals surface area contributed by atoms with Gasteiger partial charge in [0.2, 0.25) is 0 Å². The Labute approximate surface area is 122 Å². The van der Waals surface area contributed by atoms with Gasteiger partial charge in [-0.25, -0.2) is 0 Å². The Balaban J connectivity index is 2.07. The van der Waals surface area contributed by atoms with Gasteiger partial charge in [0.1, 0.15) is 0 Å². The number of pyridine rings is 1. The number of fused-ring (bicyclic) bond motifs is 4. The predicted molar refractivity (Wildman–Crippen MR) is 87.5 cm³/mol. The first-order valence-corrected chi connectivity index (χ1v) is 7.29. The molecule has 0 saturated carbocycles. The van der Waals surface area contributed by atoms with Gasteiger partial charge in [-0.05, 0) is 44.8 Å². The molecule has 0 spiro atoms. The topological polar surface area (TPSA) is 12.9 Å². The van der Waals surface area contributed by atoms with Gasteiger partial charge < -0.3 is 0 Å². The summed E-state index contributed by atoms with van der Waals surface area (Å²) in [7, 11) is 0. The molecule has 0 saturated heterocycles. The average Bonchev–Trinajstić information content (AvgIpc) is 2.55. The highest BCUT2D eigenvalue weighted by Crippen LogP contribution is 2.41. The zero-order valence-electron chi connectivity index (χ0n) is 11.5. The van der Waals surface area contributed by atoms with Crippen LogP contribution in [0.1, 0.15) is 11.3 Å². The number of nitrogens with zero attached hydrogens (tertiary/aromatic N) is 1. The van der Waals surface area contributed by atoms with Gasteiger partial charge in [0, 0.05) is 18.2 Å². The van der Waals surface area contributed by atoms with Crippen molar-refractivity contribution in [2.75, 3.05) is 0 Å². The van der Waals surface area contributed by atoms with Gasteiger partial charge in [-0.2, -0.15) is 0 Å². The molecule has 1 aliphatic carbocycles. The number of rotatable bonds is 0. The van der Waals surface area contributed by atoms with E-state index in [1.54, 1.807) is 0 Å². The van der Waals surface area contributed by atoms with Crippen molar-refractivity contribution in [1.29, 1.82) is 0 Å². The van der Waals surface area contributed by atoms with Crippen LogP contribution < -0.4 is 0 Å². The summed E-state index contributed by atoms with van der Waals surface area (Å²) >= 11 is 0. The Morgan fingerprint density at radius 2 is 1.67 bits per heavy atom. The fourth-order valence-electron chi connectivity index (χ4n) is 3.60. The Bertz CT molecular complexity index is 1010. The van der Waals surface area contributed by atoms with Gasteiger partial charge in [0.25, 0.3) is 0 Å². The highest BCUT2D eigenvalue weighted by Gasteiger charge is 2.19. The summed E-state index contributed by atoms with van der Waals surface area (Å²) in [5.41, 5.74) is 5.19. The number of hydrogen-bond acceptors (Lipinski definition) is 1. The standard InChI is InChI=1S/C20H13N/c1-2-7-15-13(5-1)11-18-16-9-4-10-21-19(16)12-14-6-3-8-17(15)20(14)18/h1-11H,12H2. The van der Waals surface area contributed by atoms with Gasteiger partial charge in [-0.15, -0.1) is 0 Å². The lowest BCUT2D eigenvalue weighted by atomic mass is 9.84. The highest BCUT2D eigenvalue weighted by atomic mass is 14.7. The maximum atomic E-state index is 4.59. The van der Waals surface area contributed by atoms with Crippen molar-refractivity contribution >= 4 is 21.5 Å². The van der Waals surface area contributed by atoms with Crippen molar-refractivity contribution in [3.63, 3.8) is 0 Å². The number of benzene rings is 3. The second-order valence-electron chi connectivity index (χ2n) is 5.66. The number of aromatic nitrogens is 1. The molecular weight excluding hydrogens is 254 g/mol. The third kappa shape index (κ3) is 1.43. The third-order valence-corrected chi connectivity index (χ3v) is 4.51. The first kappa shape index (κ1) is 11.0. The van der Waals surface area contributed by atoms with Crippen LogP contribution in [-0.4, -0.2) is 4.98 Å². The molecule has 98 valence electrons. The largest absolute Gasteiger partial charge is 0.260 e. The first-order chi connectivity index (χ1) is 10.4. The molecule has 1 heterocycles. The summed E-state index contributed by atoms with van der Waals surface area (Å²) in [6.07, 6.45) is 2.82. The molecule has 0 bridgehead atoms. The molecule has 1 aliphatic rings. The lowest BCUT2D eigenvalue weighted by molar-refractivity contribution is 1.08. The quantitative estimate of drug-likeness (QED) is 0.361. The molecule has 21 heavy (non-hydrogen) atoms. The Morgan fingerprint density at radius 1 is 0.762 bits per heavy atom. The van der Waals surface area contributed by atoms with Crippen LogP contribution in [0.15, 0.2) is 66.9 Å². The van der Waals surface area contributed by atoms with E-state index >= 15 is 0 Å². The van der Waals surface area contributed by atoms with E-state index in [0.29, 0.717) is 0 Å². The molecule has 1 nitrogen and oxygen atoms in total. The molecular formula is C20H13N. The molecule has 0 amide bonds. The van der Waals surface area contributed by atoms with E-state index in [2.05, 4.69) is 59.6 Å². The van der Waals surface area contributed by atoms with Crippen molar-refractivity contribution in [3.8, 4) is 11.1 Å². The maximum Gasteiger partial charge on any atom is 0.0526 e. The van der Waals surface area contributed by atoms with Gasteiger partial charge in [-0.1, -0.05) is 48.5 Å². The average molecular weight is 267 g/mol. The minimum absolute atomic E-state index is 0.929. The Morgan fingerprint density at radius 3 is 2.67 bits per heavy atom. The molecule has 0 fully saturated rings. The van der Waals surface area contributed by atoms with Crippen LogP contribution in [0.25, 0.3) is 32.7 Å². The molecule has 4 aromatic rings. The van der Waals surface area contributed by atoms with E-state index in [1.807, 2.05) is 12.3 Å². The third-order valence-electron chi connectivity index (χ3n) is 4.51. The molecule has 1 heteroatoms. The second kappa shape index (κ2) is 3.92. The smallest absolute Gasteiger partial charge is 0.0526 e. The van der Waals surface area contributed by atoms with Gasteiger partial charge >= 0.3 is 0 Å². The highest BCUT2D eigenvalue weighted by molar-refractivity contribution is 6.15. The van der Waals surface area contributed by atoms with Crippen molar-refractivity contribution in [2.24, 2.45) is 0 Å². The van der Waals surface area contributed by atoms with E-state index in [9.17, 15) is 0 Å². The first-order valence-electron chi connectivity index (χ1n) is 7.29. The summed E-state index contributed by atoms with van der Waals surface area (Å²) in [5, 5.41) is 5.39. The molecule has 5 rings (SSSR count). The van der Waals surface area contributed by atoms with Crippen molar-refractivity contribution in [1.82, 2.24) is 4.98 Å². The Hall–Kier alpha value is -2.67. The zero-order valence-corrected chi connectivity index (χ0v) is 11.5. The zero-order chi connectivity index (χ0) is 13.8. The molecule has 0 radical (unpaired) electrons. The fraction of sp³-hybridized carbons (Fsp3) is 0.0500. The number of hydrogen-bond donors (Lipinski definition) is 0. The fourth-order valence-corrected chi connectivity index (χ4v) is 3.60. The van der Waals surface area contributed by atoms with Crippen LogP contribution in [0.4, 0.5) is 0 Å². The monoisotopic (exact) mass is 267 g/mol. The normalized spacial score (nSPS) is 12.6. The lowest BCUT2D eigenvalue weighted by Gasteiger charge is -2.21. The maximum absolute atomic E-state index is 4.59. The van der Waals surface area contributed by atoms with Crippen molar-refractivity contribution < 1.29 is 0 Å². The van der Waals surface area contributed by atoms with Crippen LogP contribution in [0.5, 0.6) is 0 Å². The molecule has 0 N–H and O–H groups in total. The van der Waals surface area contributed by atoms with Crippen molar-refractivity contribution in [3.05, 3.63) is 78.1 Å². The van der Waals surface area contributed by atoms with Crippen LogP contribution >= 0.6 is 0 Å². The van der Waals surface area contributed by atoms with E-state index in [1.165, 1.54) is 43.9 Å². The van der Waals surface area contributed by atoms with Gasteiger partial charge in [0.05, 0.1) is 5.69 Å². The summed E-state index contributed by atoms with van der Waals surface area (Å²) in [4.78, 5) is 4.59. The van der Waals surface area contributed by atoms with E-state index < -0.39 is 0 Å². The van der Waals surface area contributed by atoms with Crippen LogP contribution in [0, 0.1) is 0 Å². The molecule has 1 aromatic heterocycles. The molecule has 0 atom stereocenters. The van der Waals surface area contributed by atoms with Crippen LogP contribution in [-0.2, 0) is 6.42 Å². The van der Waals surface area contributed by atoms with Crippen LogP contribution in [0.2, 0.25) is 0 Å². The minimum Gasteiger partial charge on any atom is -0.260 e. The predicted octanol–water partition coefficient (Wildman–Crippen LogP) is 4.96. The lowest BCUT2D eigenvalue weighted by Crippen LogP contribution is -2.03. The van der Waals surface area contributed by atoms with E-state index in [-0.39, 0.29) is 0 Å². The van der Waals surface area contributed by atoms with Crippen molar-refractivity contribution in [2.45, 2.75) is 6.42 Å². The SMILES string of the molecule is c1cnc2c(c1)-c1cc3ccccc3c3cccc(c13)C2. The minimum atomic E-state index is 0.929. The molecule has 3 aromatic carbocycles. The van der Waals surface area contributed by atoms with E-state index in [0.717, 1.165) is 6.42 Å². The van der Waals surface area contributed by atoms with Gasteiger partial charge in [-0.3, -0.25) is 4.98 Å². The summed E-state index contributed by atoms with van der Waals surface area (Å²) < 4.78 is 0. The van der Waals surface area contributed by atoms with Crippen LogP contribution in [0.3, 0.4) is 0 Å².